The highest BCUT2D eigenvalue weighted by Gasteiger charge is 2.15. The number of phenolic OH excluding ortho intramolecular Hbond substituents is 2. The lowest BCUT2D eigenvalue weighted by Gasteiger charge is -2.19. The van der Waals surface area contributed by atoms with E-state index in [1.807, 2.05) is 24.3 Å². The smallest absolute Gasteiger partial charge is 0.119 e. The molecule has 2 heteroatoms. The van der Waals surface area contributed by atoms with Crippen LogP contribution in [0, 0.1) is 0 Å². The van der Waals surface area contributed by atoms with Gasteiger partial charge in [0, 0.05) is 5.56 Å². The molecule has 0 unspecified atom stereocenters. The summed E-state index contributed by atoms with van der Waals surface area (Å²) in [6.45, 7) is 0. The quantitative estimate of drug-likeness (QED) is 0.879. The molecule has 0 amide bonds. The van der Waals surface area contributed by atoms with Crippen LogP contribution in [0.25, 0.3) is 5.57 Å². The molecule has 0 bridgehead atoms. The first-order valence-electron chi connectivity index (χ1n) is 7.03. The summed E-state index contributed by atoms with van der Waals surface area (Å²) in [6, 6.07) is 13.2. The van der Waals surface area contributed by atoms with Crippen molar-refractivity contribution in [1.82, 2.24) is 0 Å². The van der Waals surface area contributed by atoms with Crippen LogP contribution in [0.4, 0.5) is 0 Å². The Kier molecular flexibility index (Phi) is 3.46. The Balaban J connectivity index is 1.81. The number of aryl methyl sites for hydroxylation is 1. The molecule has 0 atom stereocenters. The molecule has 102 valence electrons. The molecular weight excluding hydrogens is 248 g/mol. The van der Waals surface area contributed by atoms with Crippen molar-refractivity contribution in [3.8, 4) is 11.5 Å². The zero-order chi connectivity index (χ0) is 13.9. The van der Waals surface area contributed by atoms with Crippen LogP contribution in [0.3, 0.4) is 0 Å². The Hall–Kier alpha value is -2.22. The average Bonchev–Trinajstić information content (AvgIpc) is 2.47. The molecule has 20 heavy (non-hydrogen) atoms. The highest BCUT2D eigenvalue weighted by molar-refractivity contribution is 5.72. The molecule has 0 saturated heterocycles. The Morgan fingerprint density at radius 1 is 0.850 bits per heavy atom. The number of hydrogen-bond acceptors (Lipinski definition) is 2. The van der Waals surface area contributed by atoms with Gasteiger partial charge in [0.15, 0.2) is 0 Å². The Bertz CT molecular complexity index is 656. The van der Waals surface area contributed by atoms with Crippen molar-refractivity contribution >= 4 is 5.57 Å². The number of fused-ring (bicyclic) bond motifs is 1. The second-order valence-corrected chi connectivity index (χ2v) is 5.20. The molecule has 1 aliphatic carbocycles. The third-order valence-electron chi connectivity index (χ3n) is 3.94. The van der Waals surface area contributed by atoms with E-state index in [1.54, 1.807) is 12.1 Å². The molecule has 0 aliphatic heterocycles. The Labute approximate surface area is 119 Å². The largest absolute Gasteiger partial charge is 0.508 e. The van der Waals surface area contributed by atoms with Gasteiger partial charge in [-0.25, -0.2) is 0 Å². The standard InChI is InChI=1S/C18H18O2/c19-17-9-2-1-5-14(17)12-11-13-6-3-8-16-15(13)7-4-10-18(16)20/h1-2,4-7,9-10,19-20H,3,8,11-12H2. The molecule has 0 radical (unpaired) electrons. The van der Waals surface area contributed by atoms with E-state index in [2.05, 4.69) is 12.1 Å². The van der Waals surface area contributed by atoms with Crippen LogP contribution in [0.5, 0.6) is 11.5 Å². The second-order valence-electron chi connectivity index (χ2n) is 5.20. The third kappa shape index (κ3) is 2.42. The third-order valence-corrected chi connectivity index (χ3v) is 3.94. The minimum absolute atomic E-state index is 0.361. The minimum Gasteiger partial charge on any atom is -0.508 e. The summed E-state index contributed by atoms with van der Waals surface area (Å²) in [6.07, 6.45) is 5.83. The maximum atomic E-state index is 9.94. The van der Waals surface area contributed by atoms with Gasteiger partial charge < -0.3 is 10.2 Å². The fourth-order valence-electron chi connectivity index (χ4n) is 2.87. The van der Waals surface area contributed by atoms with Gasteiger partial charge in [0.05, 0.1) is 0 Å². The van der Waals surface area contributed by atoms with E-state index in [4.69, 9.17) is 0 Å². The zero-order valence-electron chi connectivity index (χ0n) is 11.3. The SMILES string of the molecule is Oc1ccccc1CCC1=CCCc2c(O)cccc21. The van der Waals surface area contributed by atoms with E-state index in [0.29, 0.717) is 11.5 Å². The number of para-hydroxylation sites is 1. The number of benzene rings is 2. The first-order chi connectivity index (χ1) is 9.75. The highest BCUT2D eigenvalue weighted by Crippen LogP contribution is 2.34. The molecule has 0 spiro atoms. The number of rotatable bonds is 3. The molecule has 1 aliphatic rings. The van der Waals surface area contributed by atoms with Gasteiger partial charge in [0.2, 0.25) is 0 Å². The van der Waals surface area contributed by atoms with Gasteiger partial charge in [-0.3, -0.25) is 0 Å². The van der Waals surface area contributed by atoms with Gasteiger partial charge in [0.1, 0.15) is 11.5 Å². The predicted octanol–water partition coefficient (Wildman–Crippen LogP) is 4.06. The summed E-state index contributed by atoms with van der Waals surface area (Å²) in [5.41, 5.74) is 4.46. The molecule has 2 N–H and O–H groups in total. The molecule has 2 aromatic rings. The van der Waals surface area contributed by atoms with E-state index in [0.717, 1.165) is 42.4 Å². The molecular formula is C18H18O2. The molecule has 0 aromatic heterocycles. The minimum atomic E-state index is 0.361. The van der Waals surface area contributed by atoms with Gasteiger partial charge in [-0.2, -0.15) is 0 Å². The summed E-state index contributed by atoms with van der Waals surface area (Å²) < 4.78 is 0. The molecule has 2 aromatic carbocycles. The summed E-state index contributed by atoms with van der Waals surface area (Å²) in [5.74, 6) is 0.760. The van der Waals surface area contributed by atoms with Crippen LogP contribution in [0.2, 0.25) is 0 Å². The lowest BCUT2D eigenvalue weighted by atomic mass is 9.87. The maximum Gasteiger partial charge on any atom is 0.119 e. The lowest BCUT2D eigenvalue weighted by Crippen LogP contribution is -2.01. The van der Waals surface area contributed by atoms with Crippen molar-refractivity contribution < 1.29 is 10.2 Å². The first kappa shape index (κ1) is 12.8. The number of allylic oxidation sites excluding steroid dienone is 2. The lowest BCUT2D eigenvalue weighted by molar-refractivity contribution is 0.466. The van der Waals surface area contributed by atoms with E-state index in [-0.39, 0.29) is 0 Å². The fraction of sp³-hybridized carbons (Fsp3) is 0.222. The van der Waals surface area contributed by atoms with Crippen molar-refractivity contribution in [2.75, 3.05) is 0 Å². The number of aromatic hydroxyl groups is 2. The van der Waals surface area contributed by atoms with Crippen LogP contribution >= 0.6 is 0 Å². The number of hydrogen-bond donors (Lipinski definition) is 2. The molecule has 0 saturated carbocycles. The summed E-state index contributed by atoms with van der Waals surface area (Å²) >= 11 is 0. The van der Waals surface area contributed by atoms with Crippen LogP contribution in [-0.4, -0.2) is 10.2 Å². The van der Waals surface area contributed by atoms with Crippen molar-refractivity contribution in [3.63, 3.8) is 0 Å². The zero-order valence-corrected chi connectivity index (χ0v) is 11.3. The van der Waals surface area contributed by atoms with Gasteiger partial charge >= 0.3 is 0 Å². The normalized spacial score (nSPS) is 13.7. The molecule has 0 heterocycles. The van der Waals surface area contributed by atoms with Gasteiger partial charge in [-0.05, 0) is 54.5 Å². The number of phenols is 2. The van der Waals surface area contributed by atoms with Crippen molar-refractivity contribution in [3.05, 3.63) is 65.2 Å². The second kappa shape index (κ2) is 5.41. The van der Waals surface area contributed by atoms with Crippen molar-refractivity contribution in [1.29, 1.82) is 0 Å². The van der Waals surface area contributed by atoms with Gasteiger partial charge in [0.25, 0.3) is 0 Å². The van der Waals surface area contributed by atoms with Gasteiger partial charge in [-0.1, -0.05) is 36.4 Å². The fourth-order valence-corrected chi connectivity index (χ4v) is 2.87. The molecule has 3 rings (SSSR count). The van der Waals surface area contributed by atoms with E-state index < -0.39 is 0 Å². The predicted molar refractivity (Wildman–Crippen MR) is 80.8 cm³/mol. The van der Waals surface area contributed by atoms with E-state index in [1.165, 1.54) is 5.57 Å². The van der Waals surface area contributed by atoms with Crippen LogP contribution in [0.15, 0.2) is 48.5 Å². The van der Waals surface area contributed by atoms with Crippen molar-refractivity contribution in [2.24, 2.45) is 0 Å². The average molecular weight is 266 g/mol. The molecule has 2 nitrogen and oxygen atoms in total. The van der Waals surface area contributed by atoms with Crippen molar-refractivity contribution in [2.45, 2.75) is 25.7 Å². The summed E-state index contributed by atoms with van der Waals surface area (Å²) in [5, 5.41) is 19.8. The first-order valence-corrected chi connectivity index (χ1v) is 7.03. The van der Waals surface area contributed by atoms with Crippen LogP contribution < -0.4 is 0 Å². The topological polar surface area (TPSA) is 40.5 Å². The summed E-state index contributed by atoms with van der Waals surface area (Å²) in [7, 11) is 0. The van der Waals surface area contributed by atoms with E-state index >= 15 is 0 Å². The Morgan fingerprint density at radius 2 is 1.65 bits per heavy atom. The van der Waals surface area contributed by atoms with Gasteiger partial charge in [-0.15, -0.1) is 0 Å². The van der Waals surface area contributed by atoms with Crippen LogP contribution in [-0.2, 0) is 12.8 Å². The maximum absolute atomic E-state index is 9.94. The van der Waals surface area contributed by atoms with Crippen LogP contribution in [0.1, 0.15) is 29.5 Å². The monoisotopic (exact) mass is 266 g/mol. The highest BCUT2D eigenvalue weighted by atomic mass is 16.3. The summed E-state index contributed by atoms with van der Waals surface area (Å²) in [4.78, 5) is 0. The van der Waals surface area contributed by atoms with E-state index in [9.17, 15) is 10.2 Å². The molecule has 0 fully saturated rings. The Morgan fingerprint density at radius 3 is 2.50 bits per heavy atom.